The lowest BCUT2D eigenvalue weighted by atomic mass is 10.0. The first-order valence-electron chi connectivity index (χ1n) is 38.0. The minimum Gasteiger partial charge on any atom is -0.462 e. The molecule has 0 heterocycles. The zero-order valence-corrected chi connectivity index (χ0v) is 61.6. The van der Waals surface area contributed by atoms with Crippen LogP contribution in [0.1, 0.15) is 375 Å². The van der Waals surface area contributed by atoms with Crippen LogP contribution < -0.4 is 0 Å². The largest absolute Gasteiger partial charge is 0.472 e. The van der Waals surface area contributed by atoms with Crippen molar-refractivity contribution in [3.05, 3.63) is 0 Å². The molecule has 3 N–H and O–H groups in total. The molecule has 92 heavy (non-hydrogen) atoms. The maximum atomic E-state index is 13.1. The maximum Gasteiger partial charge on any atom is 0.472 e. The van der Waals surface area contributed by atoms with E-state index in [0.717, 1.165) is 102 Å². The molecule has 19 heteroatoms. The van der Waals surface area contributed by atoms with Crippen molar-refractivity contribution in [2.24, 2.45) is 11.8 Å². The molecule has 0 saturated carbocycles. The number of carbonyl (C=O) groups excluding carboxylic acids is 4. The summed E-state index contributed by atoms with van der Waals surface area (Å²) in [5.41, 5.74) is 0. The molecule has 2 unspecified atom stereocenters. The van der Waals surface area contributed by atoms with Crippen LogP contribution in [0.25, 0.3) is 0 Å². The first-order chi connectivity index (χ1) is 44.4. The lowest BCUT2D eigenvalue weighted by Crippen LogP contribution is -2.30. The molecule has 0 spiro atoms. The fourth-order valence-electron chi connectivity index (χ4n) is 11.1. The van der Waals surface area contributed by atoms with Crippen LogP contribution in [-0.2, 0) is 65.4 Å². The van der Waals surface area contributed by atoms with Crippen molar-refractivity contribution in [3.8, 4) is 0 Å². The second kappa shape index (κ2) is 65.0. The van der Waals surface area contributed by atoms with Crippen LogP contribution in [0, 0.1) is 11.8 Å². The van der Waals surface area contributed by atoms with Crippen LogP contribution >= 0.6 is 15.6 Å². The molecule has 0 aliphatic heterocycles. The van der Waals surface area contributed by atoms with Crippen LogP contribution in [0.3, 0.4) is 0 Å². The van der Waals surface area contributed by atoms with Gasteiger partial charge in [-0.05, 0) is 37.5 Å². The monoisotopic (exact) mass is 1350 g/mol. The van der Waals surface area contributed by atoms with E-state index in [1.54, 1.807) is 0 Å². The minimum atomic E-state index is -4.95. The SMILES string of the molecule is CCCCCCCCCCCCCCCCCCC(=O)O[C@H](COC(=O)CCCCCCCCCCCCCC(C)C)COP(=O)(O)OC[C@@H](O)COP(=O)(O)OC[C@@H](COC(=O)CCCCCCCCCCC)OC(=O)CCCCCCCCCCCCC(C)C. The first-order valence-corrected chi connectivity index (χ1v) is 41.0. The zero-order chi connectivity index (χ0) is 67.9. The van der Waals surface area contributed by atoms with Crippen LogP contribution in [-0.4, -0.2) is 96.7 Å². The van der Waals surface area contributed by atoms with E-state index in [2.05, 4.69) is 41.5 Å². The van der Waals surface area contributed by atoms with Gasteiger partial charge in [-0.25, -0.2) is 9.13 Å². The number of ether oxygens (including phenoxy) is 4. The highest BCUT2D eigenvalue weighted by atomic mass is 31.2. The van der Waals surface area contributed by atoms with Gasteiger partial charge in [0.1, 0.15) is 19.3 Å². The van der Waals surface area contributed by atoms with Crippen molar-refractivity contribution < 1.29 is 80.2 Å². The van der Waals surface area contributed by atoms with Crippen molar-refractivity contribution in [1.82, 2.24) is 0 Å². The fraction of sp³-hybridized carbons (Fsp3) is 0.945. The van der Waals surface area contributed by atoms with Gasteiger partial charge < -0.3 is 33.8 Å². The van der Waals surface area contributed by atoms with Gasteiger partial charge >= 0.3 is 39.5 Å². The highest BCUT2D eigenvalue weighted by Gasteiger charge is 2.30. The van der Waals surface area contributed by atoms with Crippen LogP contribution in [0.2, 0.25) is 0 Å². The Labute approximate surface area is 562 Å². The molecule has 0 bridgehead atoms. The number of aliphatic hydroxyl groups is 1. The van der Waals surface area contributed by atoms with Gasteiger partial charge in [0.2, 0.25) is 0 Å². The van der Waals surface area contributed by atoms with Crippen molar-refractivity contribution in [2.75, 3.05) is 39.6 Å². The number of esters is 4. The highest BCUT2D eigenvalue weighted by Crippen LogP contribution is 2.45. The van der Waals surface area contributed by atoms with E-state index in [-0.39, 0.29) is 25.7 Å². The van der Waals surface area contributed by atoms with Crippen molar-refractivity contribution in [3.63, 3.8) is 0 Å². The van der Waals surface area contributed by atoms with E-state index in [0.29, 0.717) is 25.7 Å². The summed E-state index contributed by atoms with van der Waals surface area (Å²) in [5, 5.41) is 10.6. The Morgan fingerprint density at radius 3 is 0.739 bits per heavy atom. The lowest BCUT2D eigenvalue weighted by molar-refractivity contribution is -0.161. The third-order valence-corrected chi connectivity index (χ3v) is 18.9. The summed E-state index contributed by atoms with van der Waals surface area (Å²) in [4.78, 5) is 72.7. The van der Waals surface area contributed by atoms with E-state index in [4.69, 9.17) is 37.0 Å². The minimum absolute atomic E-state index is 0.106. The normalized spacial score (nSPS) is 14.1. The molecule has 0 aromatic rings. The van der Waals surface area contributed by atoms with Gasteiger partial charge in [-0.2, -0.15) is 0 Å². The fourth-order valence-corrected chi connectivity index (χ4v) is 12.7. The summed E-state index contributed by atoms with van der Waals surface area (Å²) in [6, 6.07) is 0. The highest BCUT2D eigenvalue weighted by molar-refractivity contribution is 7.47. The molecule has 0 rings (SSSR count). The number of phosphoric ester groups is 2. The van der Waals surface area contributed by atoms with E-state index >= 15 is 0 Å². The molecule has 0 fully saturated rings. The number of aliphatic hydroxyl groups excluding tert-OH is 1. The van der Waals surface area contributed by atoms with Crippen molar-refractivity contribution >= 4 is 39.5 Å². The molecule has 0 aromatic heterocycles. The Balaban J connectivity index is 5.24. The summed E-state index contributed by atoms with van der Waals surface area (Å²) in [7, 11) is -9.90. The summed E-state index contributed by atoms with van der Waals surface area (Å²) in [5.74, 6) is -0.596. The van der Waals surface area contributed by atoms with E-state index < -0.39 is 97.5 Å². The molecule has 5 atom stereocenters. The summed E-state index contributed by atoms with van der Waals surface area (Å²) >= 11 is 0. The van der Waals surface area contributed by atoms with E-state index in [9.17, 15) is 43.2 Å². The molecule has 0 aromatic carbocycles. The number of carbonyl (C=O) groups is 4. The van der Waals surface area contributed by atoms with Gasteiger partial charge in [0, 0.05) is 25.7 Å². The van der Waals surface area contributed by atoms with Gasteiger partial charge in [-0.1, -0.05) is 324 Å². The number of unbranched alkanes of at least 4 members (excludes halogenated alkanes) is 42. The molecule has 0 aliphatic carbocycles. The van der Waals surface area contributed by atoms with Gasteiger partial charge in [-0.15, -0.1) is 0 Å². The Hall–Kier alpha value is -1.94. The predicted molar refractivity (Wildman–Crippen MR) is 372 cm³/mol. The number of rotatable bonds is 72. The summed E-state index contributed by atoms with van der Waals surface area (Å²) in [6.07, 6.45) is 51.2. The summed E-state index contributed by atoms with van der Waals surface area (Å²) in [6.45, 7) is 9.56. The summed E-state index contributed by atoms with van der Waals surface area (Å²) < 4.78 is 68.4. The number of hydrogen-bond acceptors (Lipinski definition) is 15. The number of phosphoric acid groups is 2. The topological polar surface area (TPSA) is 237 Å². The molecule has 0 aliphatic rings. The average Bonchev–Trinajstić information content (AvgIpc) is 1.55. The molecular formula is C73H142O17P2. The van der Waals surface area contributed by atoms with Crippen molar-refractivity contribution in [2.45, 2.75) is 394 Å². The quantitative estimate of drug-likeness (QED) is 0.0222. The predicted octanol–water partition coefficient (Wildman–Crippen LogP) is 21.2. The Kier molecular flexibility index (Phi) is 63.7. The molecular weight excluding hydrogens is 1210 g/mol. The molecule has 0 saturated heterocycles. The van der Waals surface area contributed by atoms with Gasteiger partial charge in [0.25, 0.3) is 0 Å². The number of hydrogen-bond donors (Lipinski definition) is 3. The standard InChI is InChI=1S/C73H142O17P2/c1-7-9-11-13-15-17-18-19-20-21-22-25-33-39-45-51-57-72(77)89-69(62-84-71(76)56-50-44-38-32-26-23-24-30-35-41-47-53-65(3)4)64-88-92(81,82)86-60-67(74)59-85-91(79,80)87-63-68(61-83-70(75)55-49-43-37-29-16-14-12-10-8-2)90-73(78)58-52-46-40-34-28-27-31-36-42-48-54-66(5)6/h65-69,74H,7-64H2,1-6H3,(H,79,80)(H,81,82)/t67-,68+,69+/m0/s1. The van der Waals surface area contributed by atoms with Gasteiger partial charge in [0.05, 0.1) is 26.4 Å². The molecule has 0 amide bonds. The maximum absolute atomic E-state index is 13.1. The van der Waals surface area contributed by atoms with Gasteiger partial charge in [0.15, 0.2) is 12.2 Å². The Morgan fingerprint density at radius 1 is 0.293 bits per heavy atom. The van der Waals surface area contributed by atoms with Crippen LogP contribution in [0.15, 0.2) is 0 Å². The third-order valence-electron chi connectivity index (χ3n) is 17.0. The first kappa shape index (κ1) is 90.1. The van der Waals surface area contributed by atoms with Crippen LogP contribution in [0.4, 0.5) is 0 Å². The third kappa shape index (κ3) is 66.7. The van der Waals surface area contributed by atoms with Gasteiger partial charge in [-0.3, -0.25) is 37.3 Å². The molecule has 546 valence electrons. The van der Waals surface area contributed by atoms with E-state index in [1.165, 1.54) is 193 Å². The average molecular weight is 1350 g/mol. The van der Waals surface area contributed by atoms with E-state index in [1.807, 2.05) is 0 Å². The second-order valence-corrected chi connectivity index (χ2v) is 30.2. The van der Waals surface area contributed by atoms with Crippen molar-refractivity contribution in [1.29, 1.82) is 0 Å². The zero-order valence-electron chi connectivity index (χ0n) is 59.9. The Morgan fingerprint density at radius 2 is 0.500 bits per heavy atom. The molecule has 0 radical (unpaired) electrons. The Bertz CT molecular complexity index is 1790. The second-order valence-electron chi connectivity index (χ2n) is 27.3. The van der Waals surface area contributed by atoms with Crippen LogP contribution in [0.5, 0.6) is 0 Å². The smallest absolute Gasteiger partial charge is 0.462 e. The molecule has 17 nitrogen and oxygen atoms in total. The lowest BCUT2D eigenvalue weighted by Gasteiger charge is -2.21.